The van der Waals surface area contributed by atoms with E-state index < -0.39 is 5.63 Å². The molecule has 1 aromatic carbocycles. The molecule has 1 N–H and O–H groups in total. The Morgan fingerprint density at radius 1 is 0.833 bits per heavy atom. The summed E-state index contributed by atoms with van der Waals surface area (Å²) >= 11 is 0. The maximum absolute atomic E-state index is 12.7. The van der Waals surface area contributed by atoms with Crippen molar-refractivity contribution in [1.29, 1.82) is 0 Å². The first-order valence-electron chi connectivity index (χ1n) is 13.1. The summed E-state index contributed by atoms with van der Waals surface area (Å²) < 4.78 is 9.87. The molecule has 0 unspecified atom stereocenters. The molecular formula is C28H44N2O6. The third kappa shape index (κ3) is 10.7. The molecule has 8 heteroatoms. The molecule has 0 spiro atoms. The molecule has 0 aliphatic carbocycles. The lowest BCUT2D eigenvalue weighted by molar-refractivity contribution is 0.0788. The highest BCUT2D eigenvalue weighted by Crippen LogP contribution is 2.20. The van der Waals surface area contributed by atoms with Gasteiger partial charge in [-0.05, 0) is 31.0 Å². The van der Waals surface area contributed by atoms with E-state index in [0.717, 1.165) is 38.6 Å². The molecule has 202 valence electrons. The van der Waals surface area contributed by atoms with Crippen molar-refractivity contribution in [2.45, 2.75) is 78.1 Å². The molecule has 0 bridgehead atoms. The van der Waals surface area contributed by atoms with Crippen molar-refractivity contribution in [3.63, 3.8) is 0 Å². The van der Waals surface area contributed by atoms with Gasteiger partial charge in [0.15, 0.2) is 0 Å². The number of hydrogen-bond donors (Lipinski definition) is 1. The molecular weight excluding hydrogens is 460 g/mol. The van der Waals surface area contributed by atoms with Crippen LogP contribution in [-0.2, 0) is 4.74 Å². The number of methoxy groups -OCH3 is 1. The summed E-state index contributed by atoms with van der Waals surface area (Å²) in [5.74, 6) is -0.339. The molecule has 0 radical (unpaired) electrons. The lowest BCUT2D eigenvalue weighted by Crippen LogP contribution is -2.31. The zero-order chi connectivity index (χ0) is 26.9. The van der Waals surface area contributed by atoms with Crippen molar-refractivity contribution in [1.82, 2.24) is 9.80 Å². The lowest BCUT2D eigenvalue weighted by Gasteiger charge is -2.16. The number of rotatable bonds is 14. The van der Waals surface area contributed by atoms with E-state index in [1.54, 1.807) is 30.0 Å². The molecule has 36 heavy (non-hydrogen) atoms. The van der Waals surface area contributed by atoms with Crippen LogP contribution in [0.5, 0.6) is 5.75 Å². The Labute approximate surface area is 215 Å². The van der Waals surface area contributed by atoms with Gasteiger partial charge < -0.3 is 24.1 Å². The van der Waals surface area contributed by atoms with Gasteiger partial charge in [-0.25, -0.2) is 9.59 Å². The van der Waals surface area contributed by atoms with E-state index in [0.29, 0.717) is 11.9 Å². The molecule has 1 heterocycles. The van der Waals surface area contributed by atoms with E-state index >= 15 is 0 Å². The number of benzene rings is 1. The number of hydrogen-bond acceptors (Lipinski definition) is 6. The fourth-order valence-corrected chi connectivity index (χ4v) is 3.92. The molecule has 0 saturated heterocycles. The lowest BCUT2D eigenvalue weighted by atomic mass is 10.1. The second-order valence-corrected chi connectivity index (χ2v) is 8.82. The topological polar surface area (TPSA) is 100 Å². The zero-order valence-electron chi connectivity index (χ0n) is 22.7. The van der Waals surface area contributed by atoms with Crippen LogP contribution in [0.2, 0.25) is 0 Å². The monoisotopic (exact) mass is 504 g/mol. The Kier molecular flexibility index (Phi) is 15.0. The summed E-state index contributed by atoms with van der Waals surface area (Å²) in [5, 5.41) is 10.1. The van der Waals surface area contributed by atoms with E-state index in [-0.39, 0.29) is 28.9 Å². The minimum absolute atomic E-state index is 0.00679. The van der Waals surface area contributed by atoms with Crippen molar-refractivity contribution in [2.24, 2.45) is 0 Å². The Balaban J connectivity index is 0.00000316. The maximum atomic E-state index is 12.7. The van der Waals surface area contributed by atoms with E-state index in [1.165, 1.54) is 57.4 Å². The summed E-state index contributed by atoms with van der Waals surface area (Å²) in [6.07, 6.45) is 10.9. The average Bonchev–Trinajstić information content (AvgIpc) is 2.88. The van der Waals surface area contributed by atoms with Gasteiger partial charge in [0.05, 0.1) is 7.11 Å². The molecule has 2 aromatic rings. The van der Waals surface area contributed by atoms with Crippen LogP contribution in [0.3, 0.4) is 0 Å². The van der Waals surface area contributed by atoms with Crippen LogP contribution >= 0.6 is 0 Å². The van der Waals surface area contributed by atoms with Gasteiger partial charge >= 0.3 is 11.7 Å². The first kappa shape index (κ1) is 31.0. The summed E-state index contributed by atoms with van der Waals surface area (Å²) in [6.45, 7) is 5.33. The van der Waals surface area contributed by atoms with Crippen LogP contribution in [0.1, 0.15) is 88.4 Å². The van der Waals surface area contributed by atoms with Gasteiger partial charge in [-0.2, -0.15) is 0 Å². The first-order chi connectivity index (χ1) is 17.3. The summed E-state index contributed by atoms with van der Waals surface area (Å²) in [4.78, 5) is 39.3. The highest BCUT2D eigenvalue weighted by atomic mass is 16.5. The SMILES string of the molecule is CC.COC(=O)N(C)CCCCCCCCCCCCN(C)C(=O)c1cc2ccc(O)cc2oc1=O. The predicted molar refractivity (Wildman–Crippen MR) is 144 cm³/mol. The predicted octanol–water partition coefficient (Wildman–Crippen LogP) is 6.20. The number of carbonyl (C=O) groups is 2. The first-order valence-corrected chi connectivity index (χ1v) is 13.1. The van der Waals surface area contributed by atoms with Crippen LogP contribution in [0.25, 0.3) is 11.0 Å². The standard InChI is InChI=1S/C26H38N2O6.C2H6/c1-27(24(30)22-18-20-14-15-21(29)19-23(20)34-25(22)31)16-12-10-8-6-4-5-7-9-11-13-17-28(2)26(32)33-3;1-2/h14-15,18-19,29H,4-13,16-17H2,1-3H3;1-2H3. The summed E-state index contributed by atoms with van der Waals surface area (Å²) in [5.41, 5.74) is -0.418. The number of aromatic hydroxyl groups is 1. The van der Waals surface area contributed by atoms with Gasteiger partial charge in [0.25, 0.3) is 5.91 Å². The zero-order valence-corrected chi connectivity index (χ0v) is 22.7. The highest BCUT2D eigenvalue weighted by molar-refractivity contribution is 5.96. The molecule has 0 aliphatic rings. The second kappa shape index (κ2) is 17.4. The van der Waals surface area contributed by atoms with E-state index in [2.05, 4.69) is 4.74 Å². The quantitative estimate of drug-likeness (QED) is 0.243. The van der Waals surface area contributed by atoms with Crippen molar-refractivity contribution in [3.05, 3.63) is 40.2 Å². The fourth-order valence-electron chi connectivity index (χ4n) is 3.92. The van der Waals surface area contributed by atoms with Crippen LogP contribution in [-0.4, -0.2) is 61.2 Å². The molecule has 2 amide bonds. The number of fused-ring (bicyclic) bond motifs is 1. The number of unbranched alkanes of at least 4 members (excludes halogenated alkanes) is 9. The normalized spacial score (nSPS) is 10.5. The van der Waals surface area contributed by atoms with E-state index in [9.17, 15) is 19.5 Å². The number of phenolic OH excluding ortho intramolecular Hbond substituents is 1. The van der Waals surface area contributed by atoms with Crippen molar-refractivity contribution >= 4 is 23.0 Å². The van der Waals surface area contributed by atoms with Crippen LogP contribution in [0.4, 0.5) is 4.79 Å². The van der Waals surface area contributed by atoms with Gasteiger partial charge in [-0.1, -0.05) is 65.2 Å². The second-order valence-electron chi connectivity index (χ2n) is 8.82. The third-order valence-electron chi connectivity index (χ3n) is 6.02. The van der Waals surface area contributed by atoms with Crippen LogP contribution < -0.4 is 5.63 Å². The van der Waals surface area contributed by atoms with Crippen molar-refractivity contribution in [3.8, 4) is 5.75 Å². The van der Waals surface area contributed by atoms with Crippen LogP contribution in [0.15, 0.2) is 33.5 Å². The van der Waals surface area contributed by atoms with Crippen LogP contribution in [0, 0.1) is 0 Å². The van der Waals surface area contributed by atoms with E-state index in [4.69, 9.17) is 4.42 Å². The van der Waals surface area contributed by atoms with Gasteiger partial charge in [-0.3, -0.25) is 4.79 Å². The number of ether oxygens (including phenoxy) is 1. The number of nitrogens with zero attached hydrogens (tertiary/aromatic N) is 2. The molecule has 0 saturated carbocycles. The molecule has 0 aliphatic heterocycles. The molecule has 1 aromatic heterocycles. The number of amides is 2. The largest absolute Gasteiger partial charge is 0.508 e. The smallest absolute Gasteiger partial charge is 0.409 e. The Bertz CT molecular complexity index is 988. The van der Waals surface area contributed by atoms with Gasteiger partial charge in [0.2, 0.25) is 0 Å². The van der Waals surface area contributed by atoms with Crippen molar-refractivity contribution < 1.29 is 23.8 Å². The van der Waals surface area contributed by atoms with E-state index in [1.807, 2.05) is 13.8 Å². The summed E-state index contributed by atoms with van der Waals surface area (Å²) in [6, 6.07) is 6.00. The van der Waals surface area contributed by atoms with Gasteiger partial charge in [0.1, 0.15) is 16.9 Å². The minimum atomic E-state index is -0.689. The fraction of sp³-hybridized carbons (Fsp3) is 0.607. The third-order valence-corrected chi connectivity index (χ3v) is 6.02. The number of phenols is 1. The molecule has 2 rings (SSSR count). The molecule has 0 atom stereocenters. The Hall–Kier alpha value is -3.03. The van der Waals surface area contributed by atoms with Gasteiger partial charge in [-0.15, -0.1) is 0 Å². The Morgan fingerprint density at radius 3 is 1.86 bits per heavy atom. The van der Waals surface area contributed by atoms with Crippen molar-refractivity contribution in [2.75, 3.05) is 34.3 Å². The maximum Gasteiger partial charge on any atom is 0.409 e. The Morgan fingerprint density at radius 2 is 1.33 bits per heavy atom. The molecule has 0 fully saturated rings. The molecule has 8 nitrogen and oxygen atoms in total. The minimum Gasteiger partial charge on any atom is -0.508 e. The average molecular weight is 505 g/mol. The summed E-state index contributed by atoms with van der Waals surface area (Å²) in [7, 11) is 4.86. The van der Waals surface area contributed by atoms with Gasteiger partial charge in [0, 0.05) is 38.6 Å². The number of carbonyl (C=O) groups excluding carboxylic acids is 2. The highest BCUT2D eigenvalue weighted by Gasteiger charge is 2.17.